The molecule has 9 nitrogen and oxygen atoms in total. The lowest BCUT2D eigenvalue weighted by atomic mass is 9.63. The zero-order valence-corrected chi connectivity index (χ0v) is 22.1. The van der Waals surface area contributed by atoms with Crippen LogP contribution in [0, 0.1) is 0 Å². The standard InChI is InChI=1S/C30H28F2N2O7/c1-39-21-12-8-19(9-13-21)29(18-6-4-3-5-7-18,20-10-14-22(40-2)15-11-20)27(37)30(32)25(36)24(31)26(41-30)34-17-16-23(35)33-28(34)38/h3-17,24-27,36-37H,1-2H3,(H,33,35,38)/t24-,25-,26+,27?,30-/m0/s1. The Morgan fingerprint density at radius 1 is 0.902 bits per heavy atom. The lowest BCUT2D eigenvalue weighted by molar-refractivity contribution is -0.248. The summed E-state index contributed by atoms with van der Waals surface area (Å²) in [4.78, 5) is 25.9. The second-order valence-electron chi connectivity index (χ2n) is 9.65. The zero-order valence-electron chi connectivity index (χ0n) is 22.1. The van der Waals surface area contributed by atoms with Gasteiger partial charge in [-0.2, -0.15) is 0 Å². The van der Waals surface area contributed by atoms with E-state index in [-0.39, 0.29) is 0 Å². The van der Waals surface area contributed by atoms with Crippen molar-refractivity contribution in [1.29, 1.82) is 0 Å². The number of hydrogen-bond donors (Lipinski definition) is 3. The van der Waals surface area contributed by atoms with E-state index in [1.807, 2.05) is 4.98 Å². The van der Waals surface area contributed by atoms with E-state index in [0.29, 0.717) is 32.8 Å². The SMILES string of the molecule is COc1ccc(C(c2ccccc2)(c2ccc(OC)cc2)C(O)[C@@]2(F)O[C@@H](n3ccc(=O)[nH]c3=O)[C@@H](F)[C@@H]2O)cc1. The summed E-state index contributed by atoms with van der Waals surface area (Å²) in [5.74, 6) is -2.46. The molecule has 3 aromatic carbocycles. The van der Waals surface area contributed by atoms with Crippen LogP contribution in [0.4, 0.5) is 8.78 Å². The van der Waals surface area contributed by atoms with Gasteiger partial charge >= 0.3 is 5.69 Å². The minimum absolute atomic E-state index is 0.370. The number of aromatic nitrogens is 2. The van der Waals surface area contributed by atoms with Crippen LogP contribution in [-0.4, -0.2) is 58.2 Å². The minimum Gasteiger partial charge on any atom is -0.497 e. The second kappa shape index (κ2) is 10.9. The second-order valence-corrected chi connectivity index (χ2v) is 9.65. The quantitative estimate of drug-likeness (QED) is 0.280. The van der Waals surface area contributed by atoms with Crippen LogP contribution < -0.4 is 20.7 Å². The van der Waals surface area contributed by atoms with Gasteiger partial charge in [0.05, 0.1) is 19.6 Å². The summed E-state index contributed by atoms with van der Waals surface area (Å²) in [5.41, 5.74) is -2.48. The van der Waals surface area contributed by atoms with Gasteiger partial charge in [0, 0.05) is 12.3 Å². The van der Waals surface area contributed by atoms with E-state index < -0.39 is 47.1 Å². The molecule has 1 aromatic heterocycles. The van der Waals surface area contributed by atoms with Gasteiger partial charge in [-0.1, -0.05) is 54.6 Å². The van der Waals surface area contributed by atoms with Gasteiger partial charge in [0.1, 0.15) is 17.6 Å². The number of aliphatic hydroxyl groups excluding tert-OH is 2. The van der Waals surface area contributed by atoms with E-state index >= 15 is 8.78 Å². The Kier molecular flexibility index (Phi) is 7.52. The number of halogens is 2. The smallest absolute Gasteiger partial charge is 0.330 e. The summed E-state index contributed by atoms with van der Waals surface area (Å²) < 4.78 is 49.4. The first kappa shape index (κ1) is 28.2. The van der Waals surface area contributed by atoms with Crippen LogP contribution in [0.3, 0.4) is 0 Å². The van der Waals surface area contributed by atoms with Crippen molar-refractivity contribution in [2.24, 2.45) is 0 Å². The number of methoxy groups -OCH3 is 2. The molecule has 214 valence electrons. The van der Waals surface area contributed by atoms with E-state index in [2.05, 4.69) is 0 Å². The van der Waals surface area contributed by atoms with Crippen LogP contribution >= 0.6 is 0 Å². The van der Waals surface area contributed by atoms with Crippen LogP contribution in [0.15, 0.2) is 101 Å². The molecule has 1 fully saturated rings. The third-order valence-electron chi connectivity index (χ3n) is 7.51. The van der Waals surface area contributed by atoms with Crippen LogP contribution in [0.2, 0.25) is 0 Å². The van der Waals surface area contributed by atoms with E-state index in [4.69, 9.17) is 14.2 Å². The molecule has 3 N–H and O–H groups in total. The van der Waals surface area contributed by atoms with Gasteiger partial charge in [-0.25, -0.2) is 13.6 Å². The monoisotopic (exact) mass is 566 g/mol. The fourth-order valence-corrected chi connectivity index (χ4v) is 5.43. The van der Waals surface area contributed by atoms with E-state index in [1.165, 1.54) is 14.2 Å². The predicted molar refractivity (Wildman–Crippen MR) is 145 cm³/mol. The molecule has 1 saturated heterocycles. The van der Waals surface area contributed by atoms with Gasteiger partial charge in [0.25, 0.3) is 11.4 Å². The van der Waals surface area contributed by atoms with Crippen molar-refractivity contribution in [2.45, 2.75) is 35.9 Å². The van der Waals surface area contributed by atoms with Crippen LogP contribution in [0.1, 0.15) is 22.9 Å². The zero-order chi connectivity index (χ0) is 29.4. The Balaban J connectivity index is 1.75. The first-order valence-corrected chi connectivity index (χ1v) is 12.7. The summed E-state index contributed by atoms with van der Waals surface area (Å²) in [5, 5.41) is 23.1. The van der Waals surface area contributed by atoms with Gasteiger partial charge in [0.15, 0.2) is 18.5 Å². The highest BCUT2D eigenvalue weighted by molar-refractivity contribution is 5.54. The number of hydrogen-bond acceptors (Lipinski definition) is 7. The summed E-state index contributed by atoms with van der Waals surface area (Å²) in [6, 6.07) is 22.4. The minimum atomic E-state index is -3.45. The van der Waals surface area contributed by atoms with E-state index in [1.54, 1.807) is 78.9 Å². The number of nitrogens with one attached hydrogen (secondary N) is 1. The molecule has 1 aliphatic heterocycles. The summed E-state index contributed by atoms with van der Waals surface area (Å²) in [6.07, 6.45) is -8.36. The fraction of sp³-hybridized carbons (Fsp3) is 0.267. The molecule has 2 heterocycles. The van der Waals surface area contributed by atoms with E-state index in [9.17, 15) is 19.8 Å². The molecule has 0 saturated carbocycles. The average molecular weight is 567 g/mol. The van der Waals surface area contributed by atoms with Gasteiger partial charge in [0.2, 0.25) is 0 Å². The summed E-state index contributed by atoms with van der Waals surface area (Å²) >= 11 is 0. The molecule has 0 bridgehead atoms. The Labute approximate surface area is 233 Å². The molecule has 1 aliphatic rings. The van der Waals surface area contributed by atoms with Crippen LogP contribution in [0.5, 0.6) is 11.5 Å². The molecular formula is C30H28F2N2O7. The number of aromatic amines is 1. The third kappa shape index (κ3) is 4.61. The number of alkyl halides is 2. The predicted octanol–water partition coefficient (Wildman–Crippen LogP) is 2.84. The number of benzene rings is 3. The Bertz CT molecular complexity index is 1560. The van der Waals surface area contributed by atoms with Crippen molar-refractivity contribution >= 4 is 0 Å². The maximum atomic E-state index is 17.1. The molecular weight excluding hydrogens is 538 g/mol. The normalized spacial score (nSPS) is 23.2. The van der Waals surface area contributed by atoms with Crippen LogP contribution in [-0.2, 0) is 10.2 Å². The van der Waals surface area contributed by atoms with E-state index in [0.717, 1.165) is 12.3 Å². The van der Waals surface area contributed by atoms with Crippen molar-refractivity contribution in [3.8, 4) is 11.5 Å². The van der Waals surface area contributed by atoms with Gasteiger partial charge in [-0.15, -0.1) is 0 Å². The highest BCUT2D eigenvalue weighted by Crippen LogP contribution is 2.52. The molecule has 0 spiro atoms. The number of rotatable bonds is 8. The van der Waals surface area contributed by atoms with Gasteiger partial charge in [-0.05, 0) is 41.0 Å². The third-order valence-corrected chi connectivity index (χ3v) is 7.51. The topological polar surface area (TPSA) is 123 Å². The molecule has 4 aromatic rings. The fourth-order valence-electron chi connectivity index (χ4n) is 5.43. The molecule has 0 radical (unpaired) electrons. The Morgan fingerprint density at radius 2 is 1.41 bits per heavy atom. The molecule has 0 amide bonds. The molecule has 0 aliphatic carbocycles. The average Bonchev–Trinajstić information content (AvgIpc) is 3.23. The lowest BCUT2D eigenvalue weighted by Crippen LogP contribution is -2.58. The number of ether oxygens (including phenoxy) is 3. The van der Waals surface area contributed by atoms with Crippen molar-refractivity contribution < 1.29 is 33.2 Å². The molecule has 5 atom stereocenters. The van der Waals surface area contributed by atoms with Crippen LogP contribution in [0.25, 0.3) is 0 Å². The molecule has 1 unspecified atom stereocenters. The van der Waals surface area contributed by atoms with Crippen molar-refractivity contribution in [3.05, 3.63) is 129 Å². The van der Waals surface area contributed by atoms with Crippen molar-refractivity contribution in [2.75, 3.05) is 14.2 Å². The largest absolute Gasteiger partial charge is 0.497 e. The van der Waals surface area contributed by atoms with Crippen molar-refractivity contribution in [1.82, 2.24) is 9.55 Å². The summed E-state index contributed by atoms with van der Waals surface area (Å²) in [7, 11) is 2.97. The van der Waals surface area contributed by atoms with Gasteiger partial charge < -0.3 is 24.4 Å². The number of H-pyrrole nitrogens is 1. The Morgan fingerprint density at radius 3 is 1.90 bits per heavy atom. The molecule has 5 rings (SSSR count). The molecule has 11 heteroatoms. The maximum Gasteiger partial charge on any atom is 0.330 e. The highest BCUT2D eigenvalue weighted by Gasteiger charge is 2.66. The first-order valence-electron chi connectivity index (χ1n) is 12.7. The van der Waals surface area contributed by atoms with Crippen molar-refractivity contribution in [3.63, 3.8) is 0 Å². The summed E-state index contributed by atoms with van der Waals surface area (Å²) in [6.45, 7) is 0. The Hall–Kier alpha value is -4.32. The number of aliphatic hydroxyl groups is 2. The maximum absolute atomic E-state index is 17.1. The first-order chi connectivity index (χ1) is 19.7. The van der Waals surface area contributed by atoms with Gasteiger partial charge in [-0.3, -0.25) is 14.3 Å². The lowest BCUT2D eigenvalue weighted by Gasteiger charge is -2.45. The number of nitrogens with zero attached hydrogens (tertiary/aromatic N) is 1. The highest BCUT2D eigenvalue weighted by atomic mass is 19.2. The molecule has 41 heavy (non-hydrogen) atoms.